The quantitative estimate of drug-likeness (QED) is 0.581. The van der Waals surface area contributed by atoms with Crippen molar-refractivity contribution in [1.82, 2.24) is 5.32 Å². The number of alkyl halides is 5. The van der Waals surface area contributed by atoms with E-state index in [2.05, 4.69) is 4.74 Å². The first kappa shape index (κ1) is 14.9. The normalized spacial score (nSPS) is 16.7. The largest absolute Gasteiger partial charge is 0.465 e. The van der Waals surface area contributed by atoms with E-state index in [1.807, 2.05) is 0 Å². The van der Waals surface area contributed by atoms with E-state index in [9.17, 15) is 26.7 Å². The number of rotatable bonds is 5. The zero-order valence-corrected chi connectivity index (χ0v) is 8.36. The molecule has 4 nitrogen and oxygen atoms in total. The molecule has 16 heavy (non-hydrogen) atoms. The lowest BCUT2D eigenvalue weighted by Gasteiger charge is -2.35. The summed E-state index contributed by atoms with van der Waals surface area (Å²) in [5.74, 6) is -9.29. The number of amides is 1. The maximum absolute atomic E-state index is 13.3. The molecule has 0 aromatic rings. The zero-order valence-electron chi connectivity index (χ0n) is 8.36. The molecule has 1 unspecified atom stereocenters. The highest BCUT2D eigenvalue weighted by molar-refractivity contribution is 5.65. The molecule has 0 rings (SSSR count). The fraction of sp³-hybridized carbons (Fsp3) is 0.857. The molecule has 1 atom stereocenters. The second kappa shape index (κ2) is 4.40. The Hall–Kier alpha value is -1.12. The van der Waals surface area contributed by atoms with Crippen LogP contribution in [0.1, 0.15) is 13.3 Å². The molecule has 1 amide bonds. The molecule has 0 aromatic heterocycles. The van der Waals surface area contributed by atoms with E-state index in [-0.39, 0.29) is 5.32 Å². The minimum Gasteiger partial charge on any atom is -0.465 e. The van der Waals surface area contributed by atoms with Crippen LogP contribution in [0, 0.1) is 0 Å². The van der Waals surface area contributed by atoms with Gasteiger partial charge in [0.15, 0.2) is 0 Å². The van der Waals surface area contributed by atoms with Crippen LogP contribution < -0.4 is 5.32 Å². The highest BCUT2D eigenvalue weighted by atomic mass is 19.3. The minimum absolute atomic E-state index is 0.247. The van der Waals surface area contributed by atoms with Gasteiger partial charge in [0.1, 0.15) is 0 Å². The molecule has 0 fully saturated rings. The lowest BCUT2D eigenvalue weighted by molar-refractivity contribution is -0.347. The van der Waals surface area contributed by atoms with E-state index >= 15 is 0 Å². The van der Waals surface area contributed by atoms with Crippen molar-refractivity contribution in [3.63, 3.8) is 0 Å². The summed E-state index contributed by atoms with van der Waals surface area (Å²) in [6.07, 6.45) is -3.48. The summed E-state index contributed by atoms with van der Waals surface area (Å²) in [6, 6.07) is -5.28. The van der Waals surface area contributed by atoms with Crippen molar-refractivity contribution >= 4 is 6.09 Å². The average molecular weight is 251 g/mol. The Morgan fingerprint density at radius 3 is 2.00 bits per heavy atom. The minimum atomic E-state index is -5.33. The number of ether oxygens (including phenoxy) is 1. The van der Waals surface area contributed by atoms with E-state index in [0.29, 0.717) is 7.11 Å². The van der Waals surface area contributed by atoms with Crippen molar-refractivity contribution in [2.24, 2.45) is 0 Å². The molecular formula is C7H10F5NO3. The van der Waals surface area contributed by atoms with Crippen molar-refractivity contribution in [2.75, 3.05) is 7.11 Å². The van der Waals surface area contributed by atoms with Crippen molar-refractivity contribution in [3.05, 3.63) is 0 Å². The summed E-state index contributed by atoms with van der Waals surface area (Å²) in [6.45, 7) is 0.855. The molecule has 0 aromatic carbocycles. The zero-order chi connectivity index (χ0) is 13.2. The summed E-state index contributed by atoms with van der Waals surface area (Å²) in [7, 11) is 0.480. The third-order valence-electron chi connectivity index (χ3n) is 1.91. The number of hydrogen-bond donors (Lipinski definition) is 2. The van der Waals surface area contributed by atoms with Gasteiger partial charge in [-0.05, 0) is 0 Å². The second-order valence-electron chi connectivity index (χ2n) is 2.87. The molecule has 0 saturated heterocycles. The molecule has 0 saturated carbocycles. The van der Waals surface area contributed by atoms with Gasteiger partial charge in [0.05, 0.1) is 0 Å². The van der Waals surface area contributed by atoms with E-state index in [1.54, 1.807) is 0 Å². The Kier molecular flexibility index (Phi) is 4.09. The fourth-order valence-electron chi connectivity index (χ4n) is 0.942. The van der Waals surface area contributed by atoms with Gasteiger partial charge in [-0.25, -0.2) is 9.18 Å². The van der Waals surface area contributed by atoms with E-state index in [0.717, 1.165) is 6.92 Å². The summed E-state index contributed by atoms with van der Waals surface area (Å²) >= 11 is 0. The van der Waals surface area contributed by atoms with Crippen molar-refractivity contribution in [1.29, 1.82) is 0 Å². The third-order valence-corrected chi connectivity index (χ3v) is 1.91. The topological polar surface area (TPSA) is 58.6 Å². The van der Waals surface area contributed by atoms with Gasteiger partial charge in [-0.1, -0.05) is 6.92 Å². The van der Waals surface area contributed by atoms with Gasteiger partial charge in [-0.3, -0.25) is 5.32 Å². The lowest BCUT2D eigenvalue weighted by atomic mass is 10.1. The van der Waals surface area contributed by atoms with Crippen LogP contribution in [0.3, 0.4) is 0 Å². The molecule has 96 valence electrons. The molecule has 0 bridgehead atoms. The fourth-order valence-corrected chi connectivity index (χ4v) is 0.942. The molecular weight excluding hydrogens is 241 g/mol. The Balaban J connectivity index is 5.23. The SMILES string of the molecule is CCC(F)(OC)C(F)(F)C(F)(F)NC(=O)O. The standard InChI is InChI=1S/C7H10F5NO3/c1-3-5(8,16-2)6(9,10)7(11,12)13-4(14)15/h13H,3H2,1-2H3,(H,14,15). The maximum atomic E-state index is 13.3. The Morgan fingerprint density at radius 1 is 1.31 bits per heavy atom. The van der Waals surface area contributed by atoms with Crippen LogP contribution >= 0.6 is 0 Å². The monoisotopic (exact) mass is 251 g/mol. The Labute approximate surface area is 87.4 Å². The Morgan fingerprint density at radius 2 is 1.75 bits per heavy atom. The molecule has 0 heterocycles. The smallest absolute Gasteiger partial charge is 0.409 e. The summed E-state index contributed by atoms with van der Waals surface area (Å²) in [5.41, 5.74) is 0. The van der Waals surface area contributed by atoms with Crippen LogP contribution in [0.25, 0.3) is 0 Å². The average Bonchev–Trinajstić information content (AvgIpc) is 2.14. The number of hydrogen-bond acceptors (Lipinski definition) is 2. The van der Waals surface area contributed by atoms with Crippen LogP contribution in [-0.4, -0.2) is 36.1 Å². The van der Waals surface area contributed by atoms with Crippen molar-refractivity contribution in [3.8, 4) is 0 Å². The van der Waals surface area contributed by atoms with Gasteiger partial charge in [0, 0.05) is 13.5 Å². The van der Waals surface area contributed by atoms with Gasteiger partial charge in [-0.2, -0.15) is 17.6 Å². The predicted octanol–water partition coefficient (Wildman–Crippen LogP) is 2.20. The molecule has 0 spiro atoms. The maximum Gasteiger partial charge on any atom is 0.409 e. The van der Waals surface area contributed by atoms with Crippen LogP contribution in [-0.2, 0) is 4.74 Å². The highest BCUT2D eigenvalue weighted by Crippen LogP contribution is 2.45. The van der Waals surface area contributed by atoms with Crippen molar-refractivity contribution < 1.29 is 36.6 Å². The number of nitrogens with one attached hydrogen (secondary N) is 1. The summed E-state index contributed by atoms with van der Waals surface area (Å²) < 4.78 is 68.6. The lowest BCUT2D eigenvalue weighted by Crippen LogP contribution is -2.63. The Bertz CT molecular complexity index is 267. The van der Waals surface area contributed by atoms with Crippen LogP contribution in [0.4, 0.5) is 26.7 Å². The van der Waals surface area contributed by atoms with Gasteiger partial charge in [-0.15, -0.1) is 0 Å². The molecule has 9 heteroatoms. The number of carboxylic acid groups (broad SMARTS) is 1. The van der Waals surface area contributed by atoms with Crippen LogP contribution in [0.2, 0.25) is 0 Å². The molecule has 0 radical (unpaired) electrons. The van der Waals surface area contributed by atoms with E-state index < -0.39 is 30.3 Å². The van der Waals surface area contributed by atoms with Crippen LogP contribution in [0.5, 0.6) is 0 Å². The molecule has 0 aliphatic heterocycles. The number of methoxy groups -OCH3 is 1. The first-order valence-electron chi connectivity index (χ1n) is 4.05. The number of halogens is 5. The van der Waals surface area contributed by atoms with Crippen molar-refractivity contribution in [2.45, 2.75) is 31.2 Å². The predicted molar refractivity (Wildman–Crippen MR) is 42.2 cm³/mol. The summed E-state index contributed by atoms with van der Waals surface area (Å²) in [5, 5.41) is 8.18. The third kappa shape index (κ3) is 2.34. The van der Waals surface area contributed by atoms with E-state index in [1.165, 1.54) is 0 Å². The van der Waals surface area contributed by atoms with Gasteiger partial charge in [0.25, 0.3) is 5.85 Å². The molecule has 2 N–H and O–H groups in total. The van der Waals surface area contributed by atoms with Gasteiger partial charge in [0.2, 0.25) is 0 Å². The first-order valence-corrected chi connectivity index (χ1v) is 4.05. The number of carbonyl (C=O) groups is 1. The van der Waals surface area contributed by atoms with E-state index in [4.69, 9.17) is 5.11 Å². The molecule has 0 aliphatic carbocycles. The van der Waals surface area contributed by atoms with Gasteiger partial charge >= 0.3 is 18.1 Å². The highest BCUT2D eigenvalue weighted by Gasteiger charge is 2.71. The first-order chi connectivity index (χ1) is 7.04. The second-order valence-corrected chi connectivity index (χ2v) is 2.87. The van der Waals surface area contributed by atoms with Crippen LogP contribution in [0.15, 0.2) is 0 Å². The summed E-state index contributed by atoms with van der Waals surface area (Å²) in [4.78, 5) is 9.88. The molecule has 0 aliphatic rings. The van der Waals surface area contributed by atoms with Gasteiger partial charge < -0.3 is 9.84 Å².